The second kappa shape index (κ2) is 9.22. The molecule has 0 unspecified atom stereocenters. The first-order chi connectivity index (χ1) is 18.5. The molecule has 0 radical (unpaired) electrons. The van der Waals surface area contributed by atoms with Crippen molar-refractivity contribution in [2.75, 3.05) is 11.5 Å². The number of nitrogens with one attached hydrogen (secondary N) is 2. The number of hydrogen-bond donors (Lipinski definition) is 2. The van der Waals surface area contributed by atoms with Gasteiger partial charge in [0.1, 0.15) is 11.6 Å². The van der Waals surface area contributed by atoms with Crippen molar-refractivity contribution < 1.29 is 22.3 Å². The molecule has 5 rings (SSSR count). The molecule has 1 spiro atoms. The number of pyridine rings is 2. The summed E-state index contributed by atoms with van der Waals surface area (Å²) < 4.78 is 47.6. The number of hydrogen-bond acceptors (Lipinski definition) is 7. The Morgan fingerprint density at radius 1 is 1.33 bits per heavy atom. The molecule has 1 saturated heterocycles. The van der Waals surface area contributed by atoms with Crippen LogP contribution in [-0.4, -0.2) is 42.2 Å². The second-order valence-corrected chi connectivity index (χ2v) is 10.8. The molecule has 2 atom stereocenters. The van der Waals surface area contributed by atoms with E-state index >= 15 is 0 Å². The third-order valence-corrected chi connectivity index (χ3v) is 7.91. The molecule has 2 aromatic heterocycles. The van der Waals surface area contributed by atoms with E-state index in [1.807, 2.05) is 4.72 Å². The molecule has 39 heavy (non-hydrogen) atoms. The number of carbonyl (C=O) groups is 1. The molecule has 2 N–H and O–H groups in total. The van der Waals surface area contributed by atoms with E-state index in [1.165, 1.54) is 36.5 Å². The summed E-state index contributed by atoms with van der Waals surface area (Å²) in [4.78, 5) is 41.7. The number of aromatic nitrogens is 2. The van der Waals surface area contributed by atoms with Crippen LogP contribution in [0.5, 0.6) is 5.75 Å². The summed E-state index contributed by atoms with van der Waals surface area (Å²) >= 11 is 0. The third kappa shape index (κ3) is 4.57. The molecule has 2 aliphatic heterocycles. The summed E-state index contributed by atoms with van der Waals surface area (Å²) in [6, 6.07) is 12.2. The Morgan fingerprint density at radius 2 is 2.10 bits per heavy atom. The minimum Gasteiger partial charge on any atom is -0.494 e. The first kappa shape index (κ1) is 25.9. The second-order valence-electron chi connectivity index (χ2n) is 9.20. The van der Waals surface area contributed by atoms with Gasteiger partial charge in [0.2, 0.25) is 0 Å². The van der Waals surface area contributed by atoms with Crippen molar-refractivity contribution >= 4 is 21.7 Å². The lowest BCUT2D eigenvalue weighted by Crippen LogP contribution is -2.47. The van der Waals surface area contributed by atoms with Gasteiger partial charge < -0.3 is 9.72 Å². The summed E-state index contributed by atoms with van der Waals surface area (Å²) in [7, 11) is -4.55. The van der Waals surface area contributed by atoms with Crippen LogP contribution in [0.25, 0.3) is 20.9 Å². The molecule has 0 saturated carbocycles. The largest absolute Gasteiger partial charge is 0.494 e. The van der Waals surface area contributed by atoms with Gasteiger partial charge in [-0.1, -0.05) is 4.85 Å². The van der Waals surface area contributed by atoms with Crippen LogP contribution >= 0.6 is 0 Å². The minimum absolute atomic E-state index is 0.00680. The van der Waals surface area contributed by atoms with Crippen LogP contribution in [0.3, 0.4) is 0 Å². The summed E-state index contributed by atoms with van der Waals surface area (Å²) in [5.41, 5.74) is -2.46. The van der Waals surface area contributed by atoms with Crippen molar-refractivity contribution in [1.29, 1.82) is 0 Å². The van der Waals surface area contributed by atoms with E-state index in [0.29, 0.717) is 25.0 Å². The highest BCUT2D eigenvalue weighted by Gasteiger charge is 2.76. The normalized spacial score (nSPS) is 21.1. The zero-order valence-corrected chi connectivity index (χ0v) is 21.8. The number of sulfonamides is 1. The lowest BCUT2D eigenvalue weighted by molar-refractivity contribution is 0.0981. The maximum absolute atomic E-state index is 14.4. The summed E-state index contributed by atoms with van der Waals surface area (Å²) in [5.74, 6) is -1.32. The Hall–Kier alpha value is -4.75. The first-order valence-electron chi connectivity index (χ1n) is 11.9. The molecular formula is C26H23FN6O5S+2. The number of H-pyrrole nitrogens is 1. The van der Waals surface area contributed by atoms with Crippen molar-refractivity contribution in [2.45, 2.75) is 42.9 Å². The van der Waals surface area contributed by atoms with Gasteiger partial charge >= 0.3 is 17.4 Å². The van der Waals surface area contributed by atoms with Crippen LogP contribution in [0, 0.1) is 18.5 Å². The van der Waals surface area contributed by atoms with E-state index in [9.17, 15) is 22.4 Å². The van der Waals surface area contributed by atoms with Crippen LogP contribution in [0.4, 0.5) is 10.2 Å². The van der Waals surface area contributed by atoms with Gasteiger partial charge in [-0.25, -0.2) is 22.5 Å². The Bertz CT molecular complexity index is 1780. The molecule has 1 aromatic carbocycles. The number of rotatable bonds is 7. The van der Waals surface area contributed by atoms with Gasteiger partial charge in [0.05, 0.1) is 30.7 Å². The molecule has 198 valence electrons. The van der Waals surface area contributed by atoms with Crippen LogP contribution < -0.4 is 19.9 Å². The van der Waals surface area contributed by atoms with E-state index in [-0.39, 0.29) is 22.8 Å². The molecule has 3 aromatic rings. The molecular weight excluding hydrogens is 527 g/mol. The van der Waals surface area contributed by atoms with Gasteiger partial charge in [-0.3, -0.25) is 9.59 Å². The van der Waals surface area contributed by atoms with Gasteiger partial charge in [0, 0.05) is 24.8 Å². The minimum atomic E-state index is -4.55. The molecule has 2 aliphatic rings. The Morgan fingerprint density at radius 3 is 2.77 bits per heavy atom. The Kier molecular flexibility index (Phi) is 6.12. The fraction of sp³-hybridized carbons (Fsp3) is 0.269. The van der Waals surface area contributed by atoms with Crippen LogP contribution in [0.15, 0.2) is 58.4 Å². The fourth-order valence-electron chi connectivity index (χ4n) is 4.60. The van der Waals surface area contributed by atoms with Crippen LogP contribution in [-0.2, 0) is 10.0 Å². The standard InChI is InChI=1S/C26H21FN6O5S/c1-4-38-18-13-16(12-17(27)14-18)20-8-7-19(23(34)32-39(36,37)21-6-5-11-29-24(21)35)22(31-20)33-25(2,28-3)9-10-26(33)15-30-26/h3,5-8,11-14H,4,9-10H2,1-2H3/p+2/t25-,26-/m0/s1. The van der Waals surface area contributed by atoms with Crippen molar-refractivity contribution in [3.63, 3.8) is 0 Å². The summed E-state index contributed by atoms with van der Waals surface area (Å²) in [6.45, 7) is 9.58. The lowest BCUT2D eigenvalue weighted by Gasteiger charge is -2.23. The summed E-state index contributed by atoms with van der Waals surface area (Å²) in [5, 5.41) is 0. The Labute approximate surface area is 223 Å². The van der Waals surface area contributed by atoms with Gasteiger partial charge in [0.15, 0.2) is 10.7 Å². The predicted molar refractivity (Wildman–Crippen MR) is 141 cm³/mol. The number of carbonyl (C=O) groups excluding carboxylic acids is 1. The average molecular weight is 551 g/mol. The highest BCUT2D eigenvalue weighted by Crippen LogP contribution is 2.51. The fourth-order valence-corrected chi connectivity index (χ4v) is 5.63. The predicted octanol–water partition coefficient (Wildman–Crippen LogP) is 3.42. The summed E-state index contributed by atoms with van der Waals surface area (Å²) in [6.07, 6.45) is 2.19. The van der Waals surface area contributed by atoms with E-state index in [2.05, 4.69) is 25.7 Å². The zero-order valence-electron chi connectivity index (χ0n) is 20.9. The third-order valence-electron chi connectivity index (χ3n) is 6.56. The van der Waals surface area contributed by atoms with Gasteiger partial charge in [-0.2, -0.15) is 4.90 Å². The molecule has 1 amide bonds. The molecule has 0 aliphatic carbocycles. The lowest BCUT2D eigenvalue weighted by atomic mass is 10.1. The van der Waals surface area contributed by atoms with Crippen molar-refractivity contribution in [3.05, 3.63) is 80.1 Å². The maximum Gasteiger partial charge on any atom is 0.492 e. The van der Waals surface area contributed by atoms with Crippen molar-refractivity contribution in [1.82, 2.24) is 14.7 Å². The SMILES string of the molecule is C#[N+][C@]1(C)CC[C@@]2(C#[N+]2)N1c1nc(-c2cc(F)cc(OCC)c2)ccc1C(=O)NS(=O)(=O)c1ccc[nH]c1=O. The van der Waals surface area contributed by atoms with Gasteiger partial charge in [-0.15, -0.1) is 0 Å². The number of nitrogens with zero attached hydrogens (tertiary/aromatic N) is 4. The average Bonchev–Trinajstić information content (AvgIpc) is 3.61. The topological polar surface area (TPSA) is 130 Å². The number of halogens is 1. The number of aromatic amines is 1. The van der Waals surface area contributed by atoms with Crippen LogP contribution in [0.2, 0.25) is 0 Å². The maximum atomic E-state index is 14.4. The van der Waals surface area contributed by atoms with E-state index < -0.39 is 43.5 Å². The van der Waals surface area contributed by atoms with E-state index in [0.717, 1.165) is 6.07 Å². The first-order valence-corrected chi connectivity index (χ1v) is 13.4. The molecule has 1 fully saturated rings. The zero-order chi connectivity index (χ0) is 28.0. The molecule has 4 heterocycles. The van der Waals surface area contributed by atoms with E-state index in [1.54, 1.807) is 24.8 Å². The highest BCUT2D eigenvalue weighted by molar-refractivity contribution is 7.90. The number of anilines is 1. The van der Waals surface area contributed by atoms with E-state index in [4.69, 9.17) is 11.3 Å². The van der Waals surface area contributed by atoms with Gasteiger partial charge in [0.25, 0.3) is 28.1 Å². The molecule has 11 nitrogen and oxygen atoms in total. The number of ether oxygens (including phenoxy) is 1. The smallest absolute Gasteiger partial charge is 0.492 e. The van der Waals surface area contributed by atoms with Gasteiger partial charge in [-0.05, 0) is 48.2 Å². The quantitative estimate of drug-likeness (QED) is 0.461. The highest BCUT2D eigenvalue weighted by atomic mass is 32.2. The number of amides is 1. The monoisotopic (exact) mass is 550 g/mol. The number of benzene rings is 1. The molecule has 0 bridgehead atoms. The van der Waals surface area contributed by atoms with Crippen molar-refractivity contribution in [2.24, 2.45) is 0 Å². The molecule has 13 heteroatoms. The van der Waals surface area contributed by atoms with Crippen molar-refractivity contribution in [3.8, 4) is 29.6 Å². The Balaban J connectivity index is 1.64. The van der Waals surface area contributed by atoms with Crippen LogP contribution in [0.1, 0.15) is 37.0 Å².